The molecule has 0 unspecified atom stereocenters. The van der Waals surface area contributed by atoms with E-state index in [0.29, 0.717) is 6.61 Å². The van der Waals surface area contributed by atoms with Gasteiger partial charge in [-0.05, 0) is 18.6 Å². The average Bonchev–Trinajstić information content (AvgIpc) is 2.15. The molecule has 0 saturated heterocycles. The molecule has 0 amide bonds. The quantitative estimate of drug-likeness (QED) is 0.499. The van der Waals surface area contributed by atoms with Gasteiger partial charge in [0.25, 0.3) is 0 Å². The summed E-state index contributed by atoms with van der Waals surface area (Å²) in [6.45, 7) is 2.37. The van der Waals surface area contributed by atoms with Gasteiger partial charge in [0.05, 0.1) is 12.5 Å². The number of hydrogen-bond donors (Lipinski definition) is 0. The Morgan fingerprint density at radius 3 is 2.50 bits per heavy atom. The van der Waals surface area contributed by atoms with Gasteiger partial charge in [-0.1, -0.05) is 19.1 Å². The van der Waals surface area contributed by atoms with Crippen LogP contribution in [0.3, 0.4) is 0 Å². The summed E-state index contributed by atoms with van der Waals surface area (Å²) in [5, 5.41) is 0. The number of allylic oxidation sites excluding steroid dienone is 2. The maximum absolute atomic E-state index is 11.2. The third-order valence-electron chi connectivity index (χ3n) is 1.66. The van der Waals surface area contributed by atoms with Gasteiger partial charge in [0.15, 0.2) is 5.78 Å². The fourth-order valence-corrected chi connectivity index (χ4v) is 0.973. The Morgan fingerprint density at radius 2 is 2.00 bits per heavy atom. The molecular weight excluding hydrogens is 191 g/mol. The normalized spacial score (nSPS) is 15.1. The Kier molecular flexibility index (Phi) is 6.79. The number of esters is 1. The molecule has 1 aliphatic carbocycles. The standard InChI is InChI=1S/C10H12O3.Na.H/c1-2-7-13-10(12)8-3-5-9(11)6-4-8;;/h3-6,8H,2,7H2,1H3;;. The second-order valence-corrected chi connectivity index (χ2v) is 2.81. The van der Waals surface area contributed by atoms with Crippen molar-refractivity contribution in [3.63, 3.8) is 0 Å². The van der Waals surface area contributed by atoms with Crippen LogP contribution in [0.25, 0.3) is 0 Å². The molecule has 0 heterocycles. The number of ketones is 1. The fraction of sp³-hybridized carbons (Fsp3) is 0.400. The van der Waals surface area contributed by atoms with E-state index in [1.54, 1.807) is 12.2 Å². The molecule has 0 aromatic heterocycles. The van der Waals surface area contributed by atoms with Crippen LogP contribution in [0.5, 0.6) is 0 Å². The van der Waals surface area contributed by atoms with E-state index in [-0.39, 0.29) is 47.2 Å². The molecule has 0 atom stereocenters. The van der Waals surface area contributed by atoms with Crippen LogP contribution in [-0.4, -0.2) is 47.9 Å². The summed E-state index contributed by atoms with van der Waals surface area (Å²) in [7, 11) is 0. The summed E-state index contributed by atoms with van der Waals surface area (Å²) in [5.41, 5.74) is 0. The van der Waals surface area contributed by atoms with Crippen molar-refractivity contribution >= 4 is 41.3 Å². The van der Waals surface area contributed by atoms with Crippen LogP contribution < -0.4 is 0 Å². The van der Waals surface area contributed by atoms with Gasteiger partial charge in [-0.15, -0.1) is 0 Å². The molecule has 0 aliphatic heterocycles. The minimum atomic E-state index is -0.385. The molecule has 0 fully saturated rings. The van der Waals surface area contributed by atoms with Gasteiger partial charge in [-0.3, -0.25) is 9.59 Å². The van der Waals surface area contributed by atoms with Crippen LogP contribution in [0.15, 0.2) is 24.3 Å². The molecule has 1 aliphatic rings. The number of rotatable bonds is 3. The maximum atomic E-state index is 11.2. The van der Waals surface area contributed by atoms with E-state index in [0.717, 1.165) is 6.42 Å². The minimum absolute atomic E-state index is 0. The number of carbonyl (C=O) groups is 2. The van der Waals surface area contributed by atoms with Crippen molar-refractivity contribution in [2.75, 3.05) is 6.61 Å². The molecule has 0 bridgehead atoms. The molecule has 14 heavy (non-hydrogen) atoms. The van der Waals surface area contributed by atoms with E-state index in [1.165, 1.54) is 12.2 Å². The van der Waals surface area contributed by atoms with Crippen molar-refractivity contribution in [1.82, 2.24) is 0 Å². The molecule has 72 valence electrons. The molecule has 1 rings (SSSR count). The van der Waals surface area contributed by atoms with Gasteiger partial charge in [0, 0.05) is 0 Å². The van der Waals surface area contributed by atoms with Crippen LogP contribution in [0.1, 0.15) is 13.3 Å². The molecule has 0 saturated carbocycles. The third-order valence-corrected chi connectivity index (χ3v) is 1.66. The summed E-state index contributed by atoms with van der Waals surface area (Å²) >= 11 is 0. The van der Waals surface area contributed by atoms with Crippen molar-refractivity contribution in [3.05, 3.63) is 24.3 Å². The van der Waals surface area contributed by atoms with Crippen molar-refractivity contribution in [2.24, 2.45) is 5.92 Å². The topological polar surface area (TPSA) is 43.4 Å². The van der Waals surface area contributed by atoms with Crippen molar-refractivity contribution in [3.8, 4) is 0 Å². The number of hydrogen-bond acceptors (Lipinski definition) is 3. The first-order valence-electron chi connectivity index (χ1n) is 4.31. The average molecular weight is 204 g/mol. The SMILES string of the molecule is CCCOC(=O)C1C=CC(=O)C=C1.[NaH]. The Bertz CT molecular complexity index is 253. The predicted octanol–water partition coefficient (Wildman–Crippen LogP) is 0.602. The monoisotopic (exact) mass is 204 g/mol. The fourth-order valence-electron chi connectivity index (χ4n) is 0.973. The second-order valence-electron chi connectivity index (χ2n) is 2.81. The van der Waals surface area contributed by atoms with Crippen LogP contribution in [0.4, 0.5) is 0 Å². The van der Waals surface area contributed by atoms with E-state index in [1.807, 2.05) is 6.92 Å². The van der Waals surface area contributed by atoms with Crippen molar-refractivity contribution < 1.29 is 14.3 Å². The van der Waals surface area contributed by atoms with Crippen LogP contribution in [0, 0.1) is 5.92 Å². The van der Waals surface area contributed by atoms with Gasteiger partial charge < -0.3 is 4.74 Å². The molecule has 0 aromatic carbocycles. The first-order chi connectivity index (χ1) is 6.24. The van der Waals surface area contributed by atoms with Crippen molar-refractivity contribution in [2.45, 2.75) is 13.3 Å². The van der Waals surface area contributed by atoms with Gasteiger partial charge in [-0.2, -0.15) is 0 Å². The predicted molar refractivity (Wildman–Crippen MR) is 55.2 cm³/mol. The van der Waals surface area contributed by atoms with E-state index in [9.17, 15) is 9.59 Å². The summed E-state index contributed by atoms with van der Waals surface area (Å²) in [4.78, 5) is 21.9. The first kappa shape index (κ1) is 13.6. The zero-order chi connectivity index (χ0) is 9.68. The van der Waals surface area contributed by atoms with Gasteiger partial charge >= 0.3 is 35.5 Å². The molecule has 3 nitrogen and oxygen atoms in total. The molecule has 0 spiro atoms. The third kappa shape index (κ3) is 4.22. The molecule has 0 N–H and O–H groups in total. The van der Waals surface area contributed by atoms with Gasteiger partial charge in [-0.25, -0.2) is 0 Å². The van der Waals surface area contributed by atoms with E-state index in [4.69, 9.17) is 4.74 Å². The Morgan fingerprint density at radius 1 is 1.43 bits per heavy atom. The zero-order valence-corrected chi connectivity index (χ0v) is 7.53. The number of carbonyl (C=O) groups excluding carboxylic acids is 2. The van der Waals surface area contributed by atoms with Crippen LogP contribution >= 0.6 is 0 Å². The summed E-state index contributed by atoms with van der Waals surface area (Å²) in [6, 6.07) is 0. The van der Waals surface area contributed by atoms with Gasteiger partial charge in [0.1, 0.15) is 0 Å². The van der Waals surface area contributed by atoms with Crippen LogP contribution in [-0.2, 0) is 14.3 Å². The number of ether oxygens (including phenoxy) is 1. The molecule has 4 heteroatoms. The Balaban J connectivity index is 0.00000169. The van der Waals surface area contributed by atoms with E-state index < -0.39 is 0 Å². The Labute approximate surface area is 105 Å². The second kappa shape index (κ2) is 6.98. The molecule has 0 radical (unpaired) electrons. The molecular formula is C10H13NaO3. The zero-order valence-electron chi connectivity index (χ0n) is 7.53. The van der Waals surface area contributed by atoms with Crippen LogP contribution in [0.2, 0.25) is 0 Å². The summed E-state index contributed by atoms with van der Waals surface area (Å²) < 4.78 is 4.91. The van der Waals surface area contributed by atoms with Gasteiger partial charge in [0.2, 0.25) is 0 Å². The van der Waals surface area contributed by atoms with E-state index >= 15 is 0 Å². The summed E-state index contributed by atoms with van der Waals surface area (Å²) in [5.74, 6) is -0.759. The summed E-state index contributed by atoms with van der Waals surface area (Å²) in [6.07, 6.45) is 6.70. The molecule has 0 aromatic rings. The van der Waals surface area contributed by atoms with Crippen molar-refractivity contribution in [1.29, 1.82) is 0 Å². The Hall–Kier alpha value is -0.380. The first-order valence-corrected chi connectivity index (χ1v) is 4.31. The van der Waals surface area contributed by atoms with E-state index in [2.05, 4.69) is 0 Å².